The van der Waals surface area contributed by atoms with Gasteiger partial charge in [-0.3, -0.25) is 19.3 Å². The highest BCUT2D eigenvalue weighted by molar-refractivity contribution is 5.98. The highest BCUT2D eigenvalue weighted by atomic mass is 16.6. The number of carbonyl (C=O) groups excluding carboxylic acids is 3. The fraction of sp³-hybridized carbons (Fsp3) is 0.880. The summed E-state index contributed by atoms with van der Waals surface area (Å²) in [5.74, 6) is -2.20. The van der Waals surface area contributed by atoms with Crippen LogP contribution in [0.2, 0.25) is 0 Å². The van der Waals surface area contributed by atoms with E-state index in [1.54, 1.807) is 11.8 Å². The molecule has 2 N–H and O–H groups in total. The molecule has 0 aromatic carbocycles. The summed E-state index contributed by atoms with van der Waals surface area (Å²) in [6, 6.07) is -0.772. The number of unbranched alkanes of at least 4 members (excludes halogenated alkanes) is 2. The molecule has 4 aliphatic heterocycles. The number of aliphatic hydroxyl groups is 1. The van der Waals surface area contributed by atoms with Gasteiger partial charge in [0.15, 0.2) is 0 Å². The maximum absolute atomic E-state index is 13.8. The molecule has 2 amide bonds. The van der Waals surface area contributed by atoms with Gasteiger partial charge in [-0.1, -0.05) is 6.92 Å². The first-order valence-electron chi connectivity index (χ1n) is 13.3. The van der Waals surface area contributed by atoms with E-state index in [0.29, 0.717) is 65.0 Å². The highest BCUT2D eigenvalue weighted by Crippen LogP contribution is 2.64. The number of aliphatic hydroxyl groups excluding tert-OH is 1. The minimum absolute atomic E-state index is 0.0963. The summed E-state index contributed by atoms with van der Waals surface area (Å²) in [6.45, 7) is 8.72. The summed E-state index contributed by atoms with van der Waals surface area (Å²) < 4.78 is 17.5. The summed E-state index contributed by atoms with van der Waals surface area (Å²) in [5.41, 5.74) is -1.77. The van der Waals surface area contributed by atoms with Crippen LogP contribution >= 0.6 is 0 Å². The number of morpholine rings is 1. The van der Waals surface area contributed by atoms with E-state index < -0.39 is 35.0 Å². The van der Waals surface area contributed by atoms with E-state index in [0.717, 1.165) is 19.5 Å². The summed E-state index contributed by atoms with van der Waals surface area (Å²) in [7, 11) is 0. The quantitative estimate of drug-likeness (QED) is 0.294. The smallest absolute Gasteiger partial charge is 0.312 e. The molecular formula is C25H41N3O7. The number of carbonyl (C=O) groups is 3. The number of fused-ring (bicyclic) bond motifs is 1. The van der Waals surface area contributed by atoms with Crippen molar-refractivity contribution in [1.29, 1.82) is 0 Å². The lowest BCUT2D eigenvalue weighted by Gasteiger charge is -2.34. The Hall–Kier alpha value is -1.75. The summed E-state index contributed by atoms with van der Waals surface area (Å²) in [4.78, 5) is 44.5. The van der Waals surface area contributed by atoms with E-state index in [-0.39, 0.29) is 25.0 Å². The third-order valence-electron chi connectivity index (χ3n) is 8.36. The number of esters is 1. The van der Waals surface area contributed by atoms with Gasteiger partial charge in [0.25, 0.3) is 0 Å². The number of nitrogens with one attached hydrogen (secondary N) is 1. The molecule has 10 nitrogen and oxygen atoms in total. The highest BCUT2D eigenvalue weighted by Gasteiger charge is 2.78. The number of nitrogens with zero attached hydrogens (tertiary/aromatic N) is 2. The molecule has 198 valence electrons. The van der Waals surface area contributed by atoms with E-state index in [1.165, 1.54) is 0 Å². The van der Waals surface area contributed by atoms with E-state index in [4.69, 9.17) is 19.3 Å². The average Bonchev–Trinajstić information content (AvgIpc) is 3.46. The van der Waals surface area contributed by atoms with Gasteiger partial charge in [0.05, 0.1) is 31.3 Å². The molecule has 10 heteroatoms. The van der Waals surface area contributed by atoms with Crippen LogP contribution in [0.4, 0.5) is 0 Å². The molecule has 0 saturated carbocycles. The standard InChI is InChI=1S/C25H41N3O7/c1-3-24-8-9-25(35-24)18(19(24)23(32)34-4-2)22(31)28(11-6-5-7-15-29)20(25)21(30)26-10-12-27-13-16-33-17-14-27/h18-20,29H,3-17H2,1-2H3,(H,26,30)/t18-,19-,20?,24+,25?/m0/s1. The minimum Gasteiger partial charge on any atom is -0.466 e. The molecule has 4 saturated heterocycles. The third kappa shape index (κ3) is 4.70. The van der Waals surface area contributed by atoms with Crippen LogP contribution in [0.5, 0.6) is 0 Å². The Kier molecular flexibility index (Phi) is 8.35. The molecule has 0 aromatic rings. The molecule has 0 radical (unpaired) electrons. The largest absolute Gasteiger partial charge is 0.466 e. The number of rotatable bonds is 12. The lowest BCUT2D eigenvalue weighted by molar-refractivity contribution is -0.160. The van der Waals surface area contributed by atoms with E-state index in [2.05, 4.69) is 10.2 Å². The first-order chi connectivity index (χ1) is 16.9. The number of amides is 2. The van der Waals surface area contributed by atoms with Gasteiger partial charge >= 0.3 is 5.97 Å². The maximum atomic E-state index is 13.8. The predicted octanol–water partition coefficient (Wildman–Crippen LogP) is 0.315. The molecule has 4 heterocycles. The Bertz CT molecular complexity index is 789. The van der Waals surface area contributed by atoms with Crippen molar-refractivity contribution in [3.8, 4) is 0 Å². The molecular weight excluding hydrogens is 454 g/mol. The predicted molar refractivity (Wildman–Crippen MR) is 126 cm³/mol. The van der Waals surface area contributed by atoms with Crippen molar-refractivity contribution >= 4 is 17.8 Å². The van der Waals surface area contributed by atoms with Gasteiger partial charge in [0, 0.05) is 39.3 Å². The molecule has 35 heavy (non-hydrogen) atoms. The van der Waals surface area contributed by atoms with Crippen molar-refractivity contribution in [3.63, 3.8) is 0 Å². The Labute approximate surface area is 207 Å². The zero-order chi connectivity index (χ0) is 25.1. The Morgan fingerprint density at radius 2 is 1.91 bits per heavy atom. The second kappa shape index (κ2) is 11.1. The van der Waals surface area contributed by atoms with Gasteiger partial charge < -0.3 is 29.5 Å². The monoisotopic (exact) mass is 495 g/mol. The fourth-order valence-corrected chi connectivity index (χ4v) is 6.68. The van der Waals surface area contributed by atoms with E-state index in [9.17, 15) is 14.4 Å². The number of likely N-dealkylation sites (tertiary alicyclic amines) is 1. The molecule has 2 bridgehead atoms. The van der Waals surface area contributed by atoms with Crippen molar-refractivity contribution in [2.24, 2.45) is 11.8 Å². The van der Waals surface area contributed by atoms with Crippen LogP contribution in [0, 0.1) is 11.8 Å². The second-order valence-corrected chi connectivity index (χ2v) is 10.1. The van der Waals surface area contributed by atoms with Crippen LogP contribution in [-0.2, 0) is 28.6 Å². The molecule has 4 fully saturated rings. The maximum Gasteiger partial charge on any atom is 0.312 e. The van der Waals surface area contributed by atoms with Crippen LogP contribution in [0.1, 0.15) is 52.4 Å². The molecule has 0 aliphatic carbocycles. The van der Waals surface area contributed by atoms with Crippen LogP contribution in [-0.4, -0.2) is 109 Å². The number of ether oxygens (including phenoxy) is 3. The lowest BCUT2D eigenvalue weighted by atomic mass is 9.65. The minimum atomic E-state index is -1.01. The van der Waals surface area contributed by atoms with Crippen molar-refractivity contribution in [3.05, 3.63) is 0 Å². The second-order valence-electron chi connectivity index (χ2n) is 10.1. The molecule has 2 unspecified atom stereocenters. The topological polar surface area (TPSA) is 118 Å². The Morgan fingerprint density at radius 3 is 2.60 bits per heavy atom. The average molecular weight is 496 g/mol. The summed E-state index contributed by atoms with van der Waals surface area (Å²) in [6.07, 6.45) is 3.87. The zero-order valence-corrected chi connectivity index (χ0v) is 21.1. The van der Waals surface area contributed by atoms with E-state index in [1.807, 2.05) is 6.92 Å². The van der Waals surface area contributed by atoms with E-state index >= 15 is 0 Å². The fourth-order valence-electron chi connectivity index (χ4n) is 6.68. The van der Waals surface area contributed by atoms with Crippen molar-refractivity contribution in [2.75, 3.05) is 59.2 Å². The molecule has 4 aliphatic rings. The van der Waals surface area contributed by atoms with Gasteiger partial charge in [0.1, 0.15) is 17.6 Å². The Morgan fingerprint density at radius 1 is 1.14 bits per heavy atom. The Balaban J connectivity index is 1.56. The zero-order valence-electron chi connectivity index (χ0n) is 21.1. The van der Waals surface area contributed by atoms with Crippen molar-refractivity contribution in [1.82, 2.24) is 15.1 Å². The van der Waals surface area contributed by atoms with Gasteiger partial charge in [-0.05, 0) is 45.4 Å². The summed E-state index contributed by atoms with van der Waals surface area (Å²) in [5, 5.41) is 12.2. The van der Waals surface area contributed by atoms with Crippen LogP contribution in [0.3, 0.4) is 0 Å². The molecule has 5 atom stereocenters. The van der Waals surface area contributed by atoms with Crippen molar-refractivity contribution < 1.29 is 33.7 Å². The van der Waals surface area contributed by atoms with Crippen LogP contribution in [0.15, 0.2) is 0 Å². The van der Waals surface area contributed by atoms with Gasteiger partial charge in [-0.25, -0.2) is 0 Å². The molecule has 4 rings (SSSR count). The number of hydrogen-bond acceptors (Lipinski definition) is 8. The van der Waals surface area contributed by atoms with Gasteiger partial charge in [0.2, 0.25) is 11.8 Å². The first-order valence-corrected chi connectivity index (χ1v) is 13.3. The molecule has 1 spiro atoms. The third-order valence-corrected chi connectivity index (χ3v) is 8.36. The van der Waals surface area contributed by atoms with Crippen molar-refractivity contribution in [2.45, 2.75) is 69.6 Å². The van der Waals surface area contributed by atoms with Gasteiger partial charge in [-0.2, -0.15) is 0 Å². The number of hydrogen-bond donors (Lipinski definition) is 2. The van der Waals surface area contributed by atoms with Gasteiger partial charge in [-0.15, -0.1) is 0 Å². The normalized spacial score (nSPS) is 34.3. The first kappa shape index (κ1) is 26.3. The molecule has 0 aromatic heterocycles. The van der Waals surface area contributed by atoms with Crippen LogP contribution in [0.25, 0.3) is 0 Å². The van der Waals surface area contributed by atoms with Crippen LogP contribution < -0.4 is 5.32 Å². The lowest BCUT2D eigenvalue weighted by Crippen LogP contribution is -2.56. The SMILES string of the molecule is CCOC(=O)[C@@H]1[C@H]2C(=O)N(CCCCCO)C(C(=O)NCCN3CCOCC3)C23CC[C@@]1(CC)O3. The summed E-state index contributed by atoms with van der Waals surface area (Å²) >= 11 is 0.